The van der Waals surface area contributed by atoms with Crippen LogP contribution in [0.4, 0.5) is 0 Å². The van der Waals surface area contributed by atoms with E-state index < -0.39 is 0 Å². The highest BCUT2D eigenvalue weighted by Crippen LogP contribution is 2.45. The Morgan fingerprint density at radius 3 is 2.82 bits per heavy atom. The number of benzene rings is 1. The van der Waals surface area contributed by atoms with E-state index in [4.69, 9.17) is 0 Å². The zero-order chi connectivity index (χ0) is 16.1. The fourth-order valence-electron chi connectivity index (χ4n) is 3.19. The van der Waals surface area contributed by atoms with Crippen LogP contribution in [0.2, 0.25) is 0 Å². The summed E-state index contributed by atoms with van der Waals surface area (Å²) in [5.41, 5.74) is 4.05. The number of phenols is 1. The molecule has 1 aliphatic carbocycles. The van der Waals surface area contributed by atoms with Gasteiger partial charge >= 0.3 is 0 Å². The van der Waals surface area contributed by atoms with E-state index >= 15 is 0 Å². The second kappa shape index (κ2) is 5.13. The van der Waals surface area contributed by atoms with Crippen LogP contribution in [0.5, 0.6) is 5.75 Å². The quantitative estimate of drug-likeness (QED) is 0.785. The van der Waals surface area contributed by atoms with Gasteiger partial charge in [-0.15, -0.1) is 0 Å². The van der Waals surface area contributed by atoms with E-state index in [1.54, 1.807) is 12.1 Å². The minimum Gasteiger partial charge on any atom is -0.508 e. The Morgan fingerprint density at radius 1 is 1.41 bits per heavy atom. The number of rotatable bonds is 1. The number of nitrogens with one attached hydrogen (secondary N) is 1. The minimum atomic E-state index is -0.287. The van der Waals surface area contributed by atoms with E-state index in [9.17, 15) is 9.90 Å². The molecule has 1 aliphatic heterocycles. The molecule has 114 valence electrons. The predicted octanol–water partition coefficient (Wildman–Crippen LogP) is 4.30. The molecule has 0 amide bonds. The summed E-state index contributed by atoms with van der Waals surface area (Å²) in [6.07, 6.45) is 4.56. The maximum absolute atomic E-state index is 12.8. The second-order valence-electron chi connectivity index (χ2n) is 6.18. The zero-order valence-electron chi connectivity index (χ0n) is 12.8. The number of hydrogen-bond donors (Lipinski definition) is 2. The Labute approximate surface area is 138 Å². The summed E-state index contributed by atoms with van der Waals surface area (Å²) in [5, 5.41) is 13.1. The molecule has 0 fully saturated rings. The van der Waals surface area contributed by atoms with Crippen molar-refractivity contribution in [2.45, 2.75) is 32.6 Å². The summed E-state index contributed by atoms with van der Waals surface area (Å²) in [4.78, 5) is 12.8. The molecule has 1 aromatic carbocycles. The van der Waals surface area contributed by atoms with Gasteiger partial charge in [0.25, 0.3) is 0 Å². The lowest BCUT2D eigenvalue weighted by molar-refractivity contribution is 0.102. The van der Waals surface area contributed by atoms with Gasteiger partial charge in [0.05, 0.1) is 0 Å². The summed E-state index contributed by atoms with van der Waals surface area (Å²) in [6.45, 7) is 6.16. The molecule has 0 saturated heterocycles. The molecule has 2 N–H and O–H groups in total. The van der Waals surface area contributed by atoms with E-state index in [-0.39, 0.29) is 16.9 Å². The average molecular weight is 360 g/mol. The first kappa shape index (κ1) is 15.1. The Morgan fingerprint density at radius 2 is 2.14 bits per heavy atom. The first-order valence-corrected chi connectivity index (χ1v) is 8.05. The van der Waals surface area contributed by atoms with Crippen LogP contribution in [0.25, 0.3) is 0 Å². The van der Waals surface area contributed by atoms with Gasteiger partial charge in [-0.1, -0.05) is 41.9 Å². The monoisotopic (exact) mass is 359 g/mol. The van der Waals surface area contributed by atoms with E-state index in [1.165, 1.54) is 0 Å². The number of carbonyl (C=O) groups excluding carboxylic acids is 1. The Balaban J connectivity index is 2.09. The van der Waals surface area contributed by atoms with Crippen molar-refractivity contribution in [1.82, 2.24) is 5.32 Å². The lowest BCUT2D eigenvalue weighted by atomic mass is 9.72. The lowest BCUT2D eigenvalue weighted by Gasteiger charge is -2.33. The standard InChI is InChI=1S/C18H18BrNO2/c1-4-10(19)7-11-8-14-16(22)13-9-12(21)5-6-15(13)18(2,3)17(14)20-11/h4-7,9,20-21H,8H2,1-3H3/b10-4+,11-7+. The maximum atomic E-state index is 12.8. The highest BCUT2D eigenvalue weighted by atomic mass is 79.9. The van der Waals surface area contributed by atoms with Crippen LogP contribution in [0, 0.1) is 0 Å². The van der Waals surface area contributed by atoms with Gasteiger partial charge in [-0.2, -0.15) is 0 Å². The molecular weight excluding hydrogens is 342 g/mol. The van der Waals surface area contributed by atoms with Gasteiger partial charge in [-0.25, -0.2) is 0 Å². The van der Waals surface area contributed by atoms with E-state index in [0.717, 1.165) is 27.0 Å². The summed E-state index contributed by atoms with van der Waals surface area (Å²) in [7, 11) is 0. The van der Waals surface area contributed by atoms with Gasteiger partial charge in [0, 0.05) is 38.8 Å². The molecule has 0 saturated carbocycles. The van der Waals surface area contributed by atoms with Crippen LogP contribution in [-0.2, 0) is 5.41 Å². The molecule has 22 heavy (non-hydrogen) atoms. The van der Waals surface area contributed by atoms with Gasteiger partial charge in [-0.3, -0.25) is 4.79 Å². The number of phenolic OH excluding ortho intramolecular Hbond substituents is 1. The summed E-state index contributed by atoms with van der Waals surface area (Å²) in [6, 6.07) is 5.06. The van der Waals surface area contributed by atoms with Crippen LogP contribution >= 0.6 is 15.9 Å². The molecule has 0 unspecified atom stereocenters. The van der Waals surface area contributed by atoms with Crippen molar-refractivity contribution in [3.8, 4) is 5.75 Å². The number of aromatic hydroxyl groups is 1. The first-order chi connectivity index (χ1) is 10.3. The Kier molecular flexibility index (Phi) is 3.52. The van der Waals surface area contributed by atoms with Gasteiger partial charge in [0.1, 0.15) is 5.75 Å². The number of allylic oxidation sites excluding steroid dienone is 5. The van der Waals surface area contributed by atoms with Gasteiger partial charge in [0.15, 0.2) is 5.78 Å². The molecule has 0 atom stereocenters. The molecule has 0 spiro atoms. The van der Waals surface area contributed by atoms with Crippen molar-refractivity contribution in [3.63, 3.8) is 0 Å². The maximum Gasteiger partial charge on any atom is 0.191 e. The molecule has 3 nitrogen and oxygen atoms in total. The van der Waals surface area contributed by atoms with E-state index in [0.29, 0.717) is 12.0 Å². The third-order valence-electron chi connectivity index (χ3n) is 4.36. The summed E-state index contributed by atoms with van der Waals surface area (Å²) in [5.74, 6) is 0.137. The highest BCUT2D eigenvalue weighted by Gasteiger charge is 2.42. The number of carbonyl (C=O) groups is 1. The second-order valence-corrected chi connectivity index (χ2v) is 7.10. The number of halogens is 1. The largest absolute Gasteiger partial charge is 0.508 e. The van der Waals surface area contributed by atoms with Crippen molar-refractivity contribution in [2.75, 3.05) is 0 Å². The van der Waals surface area contributed by atoms with Crippen molar-refractivity contribution in [3.05, 3.63) is 62.9 Å². The molecule has 4 heteroatoms. The molecule has 1 aromatic rings. The van der Waals surface area contributed by atoms with Crippen molar-refractivity contribution >= 4 is 21.7 Å². The topological polar surface area (TPSA) is 49.3 Å². The molecular formula is C18H18BrNO2. The van der Waals surface area contributed by atoms with Gasteiger partial charge < -0.3 is 10.4 Å². The average Bonchev–Trinajstić information content (AvgIpc) is 2.89. The predicted molar refractivity (Wildman–Crippen MR) is 91.0 cm³/mol. The van der Waals surface area contributed by atoms with Crippen LogP contribution in [-0.4, -0.2) is 10.9 Å². The Bertz CT molecular complexity index is 769. The van der Waals surface area contributed by atoms with Crippen LogP contribution in [0.1, 0.15) is 43.1 Å². The Hall–Kier alpha value is -1.81. The van der Waals surface area contributed by atoms with E-state index in [1.807, 2.05) is 25.1 Å². The smallest absolute Gasteiger partial charge is 0.191 e. The summed E-state index contributed by atoms with van der Waals surface area (Å²) < 4.78 is 0.982. The fraction of sp³-hybridized carbons (Fsp3) is 0.278. The molecule has 0 radical (unpaired) electrons. The number of fused-ring (bicyclic) bond motifs is 1. The lowest BCUT2D eigenvalue weighted by Crippen LogP contribution is -2.34. The SMILES string of the molecule is C/C=C(Br)\C=C1/CC2=C(N1)C(C)(C)c1ccc(O)cc1C2=O. The van der Waals surface area contributed by atoms with Gasteiger partial charge in [0.2, 0.25) is 0 Å². The van der Waals surface area contributed by atoms with Gasteiger partial charge in [-0.05, 0) is 30.7 Å². The minimum absolute atomic E-state index is 0.00715. The number of Topliss-reactive ketones (excluding diaryl/α,β-unsaturated/α-hetero) is 1. The van der Waals surface area contributed by atoms with Crippen LogP contribution < -0.4 is 5.32 Å². The van der Waals surface area contributed by atoms with Crippen molar-refractivity contribution < 1.29 is 9.90 Å². The fourth-order valence-corrected chi connectivity index (χ4v) is 3.46. The highest BCUT2D eigenvalue weighted by molar-refractivity contribution is 9.11. The van der Waals surface area contributed by atoms with E-state index in [2.05, 4.69) is 35.1 Å². The molecule has 3 rings (SSSR count). The number of hydrogen-bond acceptors (Lipinski definition) is 3. The third kappa shape index (κ3) is 2.22. The third-order valence-corrected chi connectivity index (χ3v) is 5.05. The first-order valence-electron chi connectivity index (χ1n) is 7.26. The zero-order valence-corrected chi connectivity index (χ0v) is 14.4. The molecule has 1 heterocycles. The molecule has 0 aromatic heterocycles. The van der Waals surface area contributed by atoms with Crippen LogP contribution in [0.15, 0.2) is 51.8 Å². The molecule has 0 bridgehead atoms. The van der Waals surface area contributed by atoms with Crippen molar-refractivity contribution in [1.29, 1.82) is 0 Å². The number of ketones is 1. The summed E-state index contributed by atoms with van der Waals surface area (Å²) >= 11 is 3.48. The molecule has 2 aliphatic rings. The van der Waals surface area contributed by atoms with Crippen molar-refractivity contribution in [2.24, 2.45) is 0 Å². The normalized spacial score (nSPS) is 21.7. The van der Waals surface area contributed by atoms with Crippen LogP contribution in [0.3, 0.4) is 0 Å².